The first-order valence-electron chi connectivity index (χ1n) is 4.60. The fourth-order valence-corrected chi connectivity index (χ4v) is 2.24. The Labute approximate surface area is 86.5 Å². The van der Waals surface area contributed by atoms with E-state index in [1.54, 1.807) is 6.07 Å². The van der Waals surface area contributed by atoms with Crippen LogP contribution in [0.2, 0.25) is 5.15 Å². The molecule has 2 N–H and O–H groups in total. The van der Waals surface area contributed by atoms with Gasteiger partial charge in [0.2, 0.25) is 0 Å². The van der Waals surface area contributed by atoms with E-state index in [9.17, 15) is 5.11 Å². The van der Waals surface area contributed by atoms with Crippen molar-refractivity contribution in [3.63, 3.8) is 0 Å². The lowest BCUT2D eigenvalue weighted by Gasteiger charge is -2.27. The minimum absolute atomic E-state index is 0.0912. The maximum atomic E-state index is 9.68. The van der Waals surface area contributed by atoms with E-state index in [1.165, 1.54) is 0 Å². The van der Waals surface area contributed by atoms with Crippen LogP contribution in [-0.4, -0.2) is 35.3 Å². The fraction of sp³-hybridized carbons (Fsp3) is 0.444. The third kappa shape index (κ3) is 1.07. The summed E-state index contributed by atoms with van der Waals surface area (Å²) in [6.07, 6.45) is -0.317. The molecule has 4 nitrogen and oxygen atoms in total. The number of hydrogen-bond donors (Lipinski definition) is 2. The fourth-order valence-electron chi connectivity index (χ4n) is 2.09. The van der Waals surface area contributed by atoms with Gasteiger partial charge in [0.05, 0.1) is 17.8 Å². The molecule has 2 aliphatic heterocycles. The number of aromatic nitrogens is 1. The smallest absolute Gasteiger partial charge is 0.151 e. The van der Waals surface area contributed by atoms with Crippen LogP contribution in [0, 0.1) is 0 Å². The Bertz CT molecular complexity index is 382. The summed E-state index contributed by atoms with van der Waals surface area (Å²) in [6.45, 7) is 1.52. The number of aliphatic hydroxyl groups excluding tert-OH is 1. The standard InChI is InChI=1S/C9H10ClN3O/c10-8-2-1-6-9(12-8)11-5-3-13(6)4-7(5)14/h1-2,5,7,14H,3-4H2,(H,11,12). The number of aliphatic hydroxyl groups is 1. The molecule has 3 heterocycles. The van der Waals surface area contributed by atoms with Crippen molar-refractivity contribution in [2.45, 2.75) is 12.1 Å². The Morgan fingerprint density at radius 3 is 3.21 bits per heavy atom. The largest absolute Gasteiger partial charge is 0.389 e. The molecule has 5 heteroatoms. The van der Waals surface area contributed by atoms with Crippen molar-refractivity contribution < 1.29 is 5.11 Å². The van der Waals surface area contributed by atoms with Gasteiger partial charge >= 0.3 is 0 Å². The quantitative estimate of drug-likeness (QED) is 0.621. The predicted octanol–water partition coefficient (Wildman–Crippen LogP) is 0.710. The van der Waals surface area contributed by atoms with Crippen LogP contribution in [0.3, 0.4) is 0 Å². The van der Waals surface area contributed by atoms with Crippen molar-refractivity contribution in [1.82, 2.24) is 4.98 Å². The molecule has 2 unspecified atom stereocenters. The number of nitrogens with zero attached hydrogens (tertiary/aromatic N) is 2. The van der Waals surface area contributed by atoms with Crippen LogP contribution in [0.25, 0.3) is 0 Å². The van der Waals surface area contributed by atoms with Crippen LogP contribution in [0.5, 0.6) is 0 Å². The maximum Gasteiger partial charge on any atom is 0.151 e. The van der Waals surface area contributed by atoms with Crippen LogP contribution < -0.4 is 10.2 Å². The first kappa shape index (κ1) is 8.32. The Morgan fingerprint density at radius 1 is 1.50 bits per heavy atom. The zero-order valence-corrected chi connectivity index (χ0v) is 8.20. The van der Waals surface area contributed by atoms with Crippen LogP contribution in [0.15, 0.2) is 12.1 Å². The summed E-state index contributed by atoms with van der Waals surface area (Å²) in [6, 6.07) is 3.80. The minimum Gasteiger partial charge on any atom is -0.389 e. The van der Waals surface area contributed by atoms with Gasteiger partial charge in [0.1, 0.15) is 5.15 Å². The normalized spacial score (nSPS) is 28.6. The van der Waals surface area contributed by atoms with Crippen molar-refractivity contribution in [1.29, 1.82) is 0 Å². The topological polar surface area (TPSA) is 48.4 Å². The molecule has 0 aliphatic carbocycles. The SMILES string of the molecule is OC1CN2CC1Nc1nc(Cl)ccc12. The van der Waals surface area contributed by atoms with Gasteiger partial charge in [0, 0.05) is 13.1 Å². The van der Waals surface area contributed by atoms with Gasteiger partial charge in [-0.05, 0) is 12.1 Å². The lowest BCUT2D eigenvalue weighted by Crippen LogP contribution is -2.35. The molecule has 1 aromatic heterocycles. The summed E-state index contributed by atoms with van der Waals surface area (Å²) < 4.78 is 0. The lowest BCUT2D eigenvalue weighted by atomic mass is 10.2. The summed E-state index contributed by atoms with van der Waals surface area (Å²) in [5.41, 5.74) is 1.03. The van der Waals surface area contributed by atoms with Gasteiger partial charge in [-0.25, -0.2) is 4.98 Å². The Balaban J connectivity index is 2.07. The van der Waals surface area contributed by atoms with E-state index in [1.807, 2.05) is 6.07 Å². The average Bonchev–Trinajstić information content (AvgIpc) is 2.43. The molecule has 0 spiro atoms. The van der Waals surface area contributed by atoms with Gasteiger partial charge in [-0.2, -0.15) is 0 Å². The molecule has 0 amide bonds. The summed E-state index contributed by atoms with van der Waals surface area (Å²) in [7, 11) is 0. The molecular formula is C9H10ClN3O. The van der Waals surface area contributed by atoms with Crippen LogP contribution >= 0.6 is 11.6 Å². The molecule has 74 valence electrons. The Hall–Kier alpha value is -1.00. The van der Waals surface area contributed by atoms with E-state index < -0.39 is 0 Å². The summed E-state index contributed by atoms with van der Waals surface area (Å²) in [4.78, 5) is 6.32. The van der Waals surface area contributed by atoms with Gasteiger partial charge in [-0.3, -0.25) is 0 Å². The first-order chi connectivity index (χ1) is 6.74. The molecule has 0 aromatic carbocycles. The second-order valence-electron chi connectivity index (χ2n) is 3.72. The Kier molecular flexibility index (Phi) is 1.63. The number of anilines is 2. The number of hydrogen-bond acceptors (Lipinski definition) is 4. The molecule has 3 rings (SSSR count). The van der Waals surface area contributed by atoms with Gasteiger partial charge in [0.25, 0.3) is 0 Å². The summed E-state index contributed by atoms with van der Waals surface area (Å²) in [5, 5.41) is 13.3. The molecule has 2 atom stereocenters. The highest BCUT2D eigenvalue weighted by atomic mass is 35.5. The predicted molar refractivity (Wildman–Crippen MR) is 54.9 cm³/mol. The highest BCUT2D eigenvalue weighted by molar-refractivity contribution is 6.29. The molecule has 1 aromatic rings. The van der Waals surface area contributed by atoms with E-state index in [0.717, 1.165) is 18.1 Å². The zero-order valence-electron chi connectivity index (χ0n) is 7.44. The highest BCUT2D eigenvalue weighted by Crippen LogP contribution is 2.34. The number of fused-ring (bicyclic) bond motifs is 4. The van der Waals surface area contributed by atoms with E-state index in [2.05, 4.69) is 15.2 Å². The van der Waals surface area contributed by atoms with Gasteiger partial charge in [0.15, 0.2) is 5.82 Å². The molecule has 0 radical (unpaired) electrons. The van der Waals surface area contributed by atoms with Gasteiger partial charge in [-0.1, -0.05) is 11.6 Å². The average molecular weight is 212 g/mol. The molecule has 14 heavy (non-hydrogen) atoms. The van der Waals surface area contributed by atoms with Crippen molar-refractivity contribution >= 4 is 23.1 Å². The summed E-state index contributed by atoms with van der Waals surface area (Å²) >= 11 is 5.80. The molecule has 1 saturated heterocycles. The molecule has 2 aliphatic rings. The molecule has 0 saturated carbocycles. The molecule has 1 fully saturated rings. The minimum atomic E-state index is -0.317. The third-order valence-electron chi connectivity index (χ3n) is 2.79. The monoisotopic (exact) mass is 211 g/mol. The maximum absolute atomic E-state index is 9.68. The van der Waals surface area contributed by atoms with Crippen LogP contribution in [0.1, 0.15) is 0 Å². The number of pyridine rings is 1. The number of rotatable bonds is 0. The van der Waals surface area contributed by atoms with E-state index in [0.29, 0.717) is 11.7 Å². The van der Waals surface area contributed by atoms with Gasteiger partial charge < -0.3 is 15.3 Å². The zero-order chi connectivity index (χ0) is 9.71. The molecule has 2 bridgehead atoms. The van der Waals surface area contributed by atoms with Crippen LogP contribution in [0.4, 0.5) is 11.5 Å². The lowest BCUT2D eigenvalue weighted by molar-refractivity contribution is 0.187. The first-order valence-corrected chi connectivity index (χ1v) is 4.98. The number of halogens is 1. The molecular weight excluding hydrogens is 202 g/mol. The second-order valence-corrected chi connectivity index (χ2v) is 4.11. The van der Waals surface area contributed by atoms with Crippen molar-refractivity contribution in [2.24, 2.45) is 0 Å². The highest BCUT2D eigenvalue weighted by Gasteiger charge is 2.37. The summed E-state index contributed by atoms with van der Waals surface area (Å²) in [5.74, 6) is 0.783. The van der Waals surface area contributed by atoms with Crippen LogP contribution in [-0.2, 0) is 0 Å². The van der Waals surface area contributed by atoms with Crippen molar-refractivity contribution in [3.05, 3.63) is 17.3 Å². The third-order valence-corrected chi connectivity index (χ3v) is 3.00. The van der Waals surface area contributed by atoms with E-state index in [-0.39, 0.29) is 12.1 Å². The van der Waals surface area contributed by atoms with Crippen molar-refractivity contribution in [2.75, 3.05) is 23.3 Å². The van der Waals surface area contributed by atoms with Crippen molar-refractivity contribution in [3.8, 4) is 0 Å². The number of nitrogens with one attached hydrogen (secondary N) is 1. The van der Waals surface area contributed by atoms with E-state index >= 15 is 0 Å². The Morgan fingerprint density at radius 2 is 2.36 bits per heavy atom. The van der Waals surface area contributed by atoms with Gasteiger partial charge in [-0.15, -0.1) is 0 Å². The second kappa shape index (κ2) is 2.74. The van der Waals surface area contributed by atoms with E-state index in [4.69, 9.17) is 11.6 Å².